The number of nitrogens with two attached hydrogens (primary N) is 1. The molecular weight excluding hydrogens is 318 g/mol. The molecule has 1 spiro atoms. The number of likely N-dealkylation sites (N-methyl/N-ethyl adjacent to an activating group) is 1. The first-order chi connectivity index (χ1) is 9.54. The number of amides is 1. The fraction of sp³-hybridized carbons (Fsp3) is 0.333. The summed E-state index contributed by atoms with van der Waals surface area (Å²) >= 11 is 3.51. The summed E-state index contributed by atoms with van der Waals surface area (Å²) in [5.74, 6) is 0.620. The third kappa shape index (κ3) is 1.26. The highest BCUT2D eigenvalue weighted by Gasteiger charge is 2.55. The second-order valence-electron chi connectivity index (χ2n) is 5.68. The number of carbonyl (C=O) groups excluding carboxylic acids is 1. The molecule has 1 fully saturated rings. The highest BCUT2D eigenvalue weighted by atomic mass is 79.9. The molecule has 1 saturated carbocycles. The van der Waals surface area contributed by atoms with Crippen LogP contribution in [0.3, 0.4) is 0 Å². The predicted molar refractivity (Wildman–Crippen MR) is 82.8 cm³/mol. The van der Waals surface area contributed by atoms with E-state index in [1.807, 2.05) is 18.2 Å². The molecule has 1 aromatic carbocycles. The van der Waals surface area contributed by atoms with Crippen LogP contribution < -0.4 is 10.6 Å². The van der Waals surface area contributed by atoms with E-state index in [4.69, 9.17) is 5.73 Å². The second-order valence-corrected chi connectivity index (χ2v) is 6.60. The van der Waals surface area contributed by atoms with Crippen LogP contribution in [-0.4, -0.2) is 17.9 Å². The number of pyridine rings is 1. The van der Waals surface area contributed by atoms with E-state index in [1.165, 1.54) is 0 Å². The molecule has 1 amide bonds. The molecule has 4 rings (SSSR count). The van der Waals surface area contributed by atoms with Gasteiger partial charge in [0, 0.05) is 22.5 Å². The van der Waals surface area contributed by atoms with Crippen molar-refractivity contribution in [1.29, 1.82) is 0 Å². The minimum absolute atomic E-state index is 0.166. The smallest absolute Gasteiger partial charge is 0.237 e. The molecule has 2 heterocycles. The fourth-order valence-electron chi connectivity index (χ4n) is 3.59. The first kappa shape index (κ1) is 12.1. The van der Waals surface area contributed by atoms with Gasteiger partial charge < -0.3 is 10.6 Å². The van der Waals surface area contributed by atoms with Crippen molar-refractivity contribution in [1.82, 2.24) is 4.98 Å². The molecule has 5 heteroatoms. The number of benzene rings is 1. The molecule has 4 nitrogen and oxygen atoms in total. The summed E-state index contributed by atoms with van der Waals surface area (Å²) in [5.41, 5.74) is 8.50. The summed E-state index contributed by atoms with van der Waals surface area (Å²) in [7, 11) is 1.80. The van der Waals surface area contributed by atoms with Gasteiger partial charge in [-0.05, 0) is 31.0 Å². The zero-order chi connectivity index (χ0) is 14.1. The van der Waals surface area contributed by atoms with Crippen molar-refractivity contribution in [3.63, 3.8) is 0 Å². The van der Waals surface area contributed by atoms with Crippen molar-refractivity contribution in [2.24, 2.45) is 0 Å². The molecule has 102 valence electrons. The molecule has 2 N–H and O–H groups in total. The summed E-state index contributed by atoms with van der Waals surface area (Å²) < 4.78 is 0.996. The summed E-state index contributed by atoms with van der Waals surface area (Å²) in [4.78, 5) is 18.8. The van der Waals surface area contributed by atoms with Gasteiger partial charge in [-0.15, -0.1) is 0 Å². The Balaban J connectivity index is 2.17. The van der Waals surface area contributed by atoms with Crippen LogP contribution in [0.25, 0.3) is 10.9 Å². The molecule has 0 unspecified atom stereocenters. The van der Waals surface area contributed by atoms with Gasteiger partial charge in [-0.1, -0.05) is 22.4 Å². The number of carbonyl (C=O) groups is 1. The molecule has 0 atom stereocenters. The molecule has 1 aromatic heterocycles. The third-order valence-electron chi connectivity index (χ3n) is 4.68. The van der Waals surface area contributed by atoms with Crippen LogP contribution in [0.15, 0.2) is 22.7 Å². The molecule has 0 bridgehead atoms. The lowest BCUT2D eigenvalue weighted by Crippen LogP contribution is -2.43. The zero-order valence-electron chi connectivity index (χ0n) is 11.1. The number of hydrogen-bond acceptors (Lipinski definition) is 3. The largest absolute Gasteiger partial charge is 0.382 e. The number of nitrogen functional groups attached to an aromatic ring is 1. The predicted octanol–water partition coefficient (Wildman–Crippen LogP) is 2.98. The Kier molecular flexibility index (Phi) is 2.26. The Morgan fingerprint density at radius 2 is 2.15 bits per heavy atom. The van der Waals surface area contributed by atoms with Gasteiger partial charge in [-0.2, -0.15) is 0 Å². The van der Waals surface area contributed by atoms with Crippen LogP contribution in [0.4, 0.5) is 11.5 Å². The maximum atomic E-state index is 12.7. The maximum Gasteiger partial charge on any atom is 0.237 e. The standard InChI is InChI=1S/C15H14BrN3O/c1-19-12-11(15(14(19)20)5-2-6-15)9-7-8(16)3-4-10(9)18-13(12)17/h3-4,7H,2,5-6H2,1H3,(H2,17,18). The van der Waals surface area contributed by atoms with Crippen molar-refractivity contribution < 1.29 is 4.79 Å². The van der Waals surface area contributed by atoms with E-state index < -0.39 is 0 Å². The van der Waals surface area contributed by atoms with Crippen molar-refractivity contribution in [3.05, 3.63) is 28.2 Å². The lowest BCUT2D eigenvalue weighted by Gasteiger charge is -2.37. The van der Waals surface area contributed by atoms with Crippen LogP contribution >= 0.6 is 15.9 Å². The molecule has 2 aliphatic rings. The first-order valence-corrected chi connectivity index (χ1v) is 7.51. The van der Waals surface area contributed by atoms with Crippen LogP contribution in [-0.2, 0) is 10.2 Å². The summed E-state index contributed by atoms with van der Waals surface area (Å²) in [5, 5.41) is 1.04. The molecule has 20 heavy (non-hydrogen) atoms. The van der Waals surface area contributed by atoms with Gasteiger partial charge in [0.05, 0.1) is 16.6 Å². The Morgan fingerprint density at radius 1 is 1.40 bits per heavy atom. The highest BCUT2D eigenvalue weighted by Crippen LogP contribution is 2.56. The molecule has 0 saturated heterocycles. The normalized spacial score (nSPS) is 19.5. The minimum atomic E-state index is -0.361. The summed E-state index contributed by atoms with van der Waals surface area (Å²) in [6.45, 7) is 0. The Labute approximate surface area is 125 Å². The summed E-state index contributed by atoms with van der Waals surface area (Å²) in [6.07, 6.45) is 2.92. The van der Waals surface area contributed by atoms with E-state index in [9.17, 15) is 4.79 Å². The lowest BCUT2D eigenvalue weighted by molar-refractivity contribution is -0.125. The summed E-state index contributed by atoms with van der Waals surface area (Å²) in [6, 6.07) is 5.95. The number of rotatable bonds is 0. The van der Waals surface area contributed by atoms with Crippen molar-refractivity contribution in [2.75, 3.05) is 17.7 Å². The fourth-order valence-corrected chi connectivity index (χ4v) is 3.95. The van der Waals surface area contributed by atoms with Gasteiger partial charge in [-0.3, -0.25) is 4.79 Å². The van der Waals surface area contributed by atoms with Crippen LogP contribution in [0, 0.1) is 0 Å². The SMILES string of the molecule is CN1C(=O)C2(CCC2)c2c1c(N)nc1ccc(Br)cc21. The van der Waals surface area contributed by atoms with Crippen LogP contribution in [0.1, 0.15) is 24.8 Å². The van der Waals surface area contributed by atoms with Crippen molar-refractivity contribution >= 4 is 44.2 Å². The molecule has 2 aromatic rings. The number of aromatic nitrogens is 1. The number of hydrogen-bond donors (Lipinski definition) is 1. The van der Waals surface area contributed by atoms with E-state index in [1.54, 1.807) is 11.9 Å². The third-order valence-corrected chi connectivity index (χ3v) is 5.18. The van der Waals surface area contributed by atoms with Gasteiger partial charge in [0.25, 0.3) is 0 Å². The number of anilines is 2. The first-order valence-electron chi connectivity index (χ1n) is 6.72. The minimum Gasteiger partial charge on any atom is -0.382 e. The van der Waals surface area contributed by atoms with Crippen molar-refractivity contribution in [2.45, 2.75) is 24.7 Å². The number of nitrogens with zero attached hydrogens (tertiary/aromatic N) is 2. The topological polar surface area (TPSA) is 59.2 Å². The van der Waals surface area contributed by atoms with Gasteiger partial charge in [0.15, 0.2) is 0 Å². The highest BCUT2D eigenvalue weighted by molar-refractivity contribution is 9.10. The number of halogens is 1. The quantitative estimate of drug-likeness (QED) is 0.807. The van der Waals surface area contributed by atoms with Crippen molar-refractivity contribution in [3.8, 4) is 0 Å². The molecule has 0 radical (unpaired) electrons. The van der Waals surface area contributed by atoms with E-state index >= 15 is 0 Å². The average molecular weight is 332 g/mol. The van der Waals surface area contributed by atoms with Crippen LogP contribution in [0.2, 0.25) is 0 Å². The van der Waals surface area contributed by atoms with Gasteiger partial charge in [-0.25, -0.2) is 4.98 Å². The number of fused-ring (bicyclic) bond motifs is 4. The van der Waals surface area contributed by atoms with Crippen LogP contribution in [0.5, 0.6) is 0 Å². The Hall–Kier alpha value is -1.62. The monoisotopic (exact) mass is 331 g/mol. The molecule has 1 aliphatic heterocycles. The molecular formula is C15H14BrN3O. The van der Waals surface area contributed by atoms with E-state index in [2.05, 4.69) is 20.9 Å². The van der Waals surface area contributed by atoms with Gasteiger partial charge in [0.1, 0.15) is 5.82 Å². The van der Waals surface area contributed by atoms with Gasteiger partial charge in [0.2, 0.25) is 5.91 Å². The maximum absolute atomic E-state index is 12.7. The Bertz CT molecular complexity index is 767. The van der Waals surface area contributed by atoms with E-state index in [0.717, 1.165) is 45.9 Å². The second kappa shape index (κ2) is 3.73. The Morgan fingerprint density at radius 3 is 2.80 bits per heavy atom. The zero-order valence-corrected chi connectivity index (χ0v) is 12.7. The van der Waals surface area contributed by atoms with Gasteiger partial charge >= 0.3 is 0 Å². The lowest BCUT2D eigenvalue weighted by atomic mass is 9.64. The van der Waals surface area contributed by atoms with E-state index in [0.29, 0.717) is 5.82 Å². The van der Waals surface area contributed by atoms with E-state index in [-0.39, 0.29) is 11.3 Å². The molecule has 1 aliphatic carbocycles. The average Bonchev–Trinajstić information content (AvgIpc) is 2.61.